The maximum Gasteiger partial charge on any atom is 0.105 e. The Labute approximate surface area is 154 Å². The highest BCUT2D eigenvalue weighted by Gasteiger charge is 2.46. The first-order valence-electron chi connectivity index (χ1n) is 9.34. The zero-order chi connectivity index (χ0) is 18.4. The summed E-state index contributed by atoms with van der Waals surface area (Å²) in [5, 5.41) is 12.6. The van der Waals surface area contributed by atoms with Crippen molar-refractivity contribution < 1.29 is 5.11 Å². The average Bonchev–Trinajstić information content (AvgIpc) is 3.01. The van der Waals surface area contributed by atoms with E-state index < -0.39 is 5.60 Å². The van der Waals surface area contributed by atoms with Gasteiger partial charge in [-0.05, 0) is 63.9 Å². The molecule has 0 amide bonds. The molecule has 1 fully saturated rings. The van der Waals surface area contributed by atoms with Gasteiger partial charge < -0.3 is 10.1 Å². The molecule has 2 N–H and O–H groups in total. The zero-order valence-corrected chi connectivity index (χ0v) is 15.8. The second-order valence-electron chi connectivity index (χ2n) is 7.87. The molecule has 0 bridgehead atoms. The highest BCUT2D eigenvalue weighted by atomic mass is 16.3. The molecule has 0 saturated heterocycles. The predicted molar refractivity (Wildman–Crippen MR) is 105 cm³/mol. The number of H-pyrrole nitrogens is 1. The van der Waals surface area contributed by atoms with E-state index >= 15 is 0 Å². The number of aromatic nitrogens is 2. The Morgan fingerprint density at radius 3 is 2.35 bits per heavy atom. The normalized spacial score (nSPS) is 26.5. The molecule has 0 atom stereocenters. The van der Waals surface area contributed by atoms with Crippen LogP contribution in [0.15, 0.2) is 48.8 Å². The number of hydrogen-bond donors (Lipinski definition) is 2. The van der Waals surface area contributed by atoms with Crippen LogP contribution in [0, 0.1) is 6.92 Å². The molecular formula is C22H27N3O. The van der Waals surface area contributed by atoms with Gasteiger partial charge in [0.15, 0.2) is 0 Å². The molecule has 4 rings (SSSR count). The monoisotopic (exact) mass is 349 g/mol. The lowest BCUT2D eigenvalue weighted by Gasteiger charge is -2.48. The van der Waals surface area contributed by atoms with Gasteiger partial charge in [-0.3, -0.25) is 9.88 Å². The summed E-state index contributed by atoms with van der Waals surface area (Å²) in [5.41, 5.74) is 3.64. The van der Waals surface area contributed by atoms with E-state index in [1.807, 2.05) is 12.3 Å². The Hall–Kier alpha value is -2.17. The number of aliphatic hydroxyl groups is 1. The number of rotatable bonds is 3. The van der Waals surface area contributed by atoms with Crippen LogP contribution < -0.4 is 0 Å². The van der Waals surface area contributed by atoms with Crippen molar-refractivity contribution >= 4 is 10.9 Å². The van der Waals surface area contributed by atoms with Gasteiger partial charge in [0.25, 0.3) is 0 Å². The fraction of sp³-hybridized carbons (Fsp3) is 0.409. The summed E-state index contributed by atoms with van der Waals surface area (Å²) in [7, 11) is 4.30. The lowest BCUT2D eigenvalue weighted by atomic mass is 9.68. The van der Waals surface area contributed by atoms with Gasteiger partial charge in [-0.25, -0.2) is 0 Å². The van der Waals surface area contributed by atoms with E-state index in [0.29, 0.717) is 0 Å². The molecule has 2 aromatic heterocycles. The van der Waals surface area contributed by atoms with Crippen LogP contribution in [0.25, 0.3) is 10.9 Å². The molecule has 4 heteroatoms. The molecule has 0 aliphatic heterocycles. The van der Waals surface area contributed by atoms with Crippen molar-refractivity contribution in [3.63, 3.8) is 0 Å². The fourth-order valence-corrected chi connectivity index (χ4v) is 4.70. The Bertz CT molecular complexity index is 906. The molecule has 1 aromatic carbocycles. The lowest BCUT2D eigenvalue weighted by Crippen LogP contribution is -2.48. The minimum Gasteiger partial charge on any atom is -0.384 e. The minimum atomic E-state index is -0.808. The smallest absolute Gasteiger partial charge is 0.105 e. The Morgan fingerprint density at radius 2 is 1.73 bits per heavy atom. The summed E-state index contributed by atoms with van der Waals surface area (Å²) in [6.07, 6.45) is 6.99. The van der Waals surface area contributed by atoms with E-state index in [0.717, 1.165) is 47.8 Å². The fourth-order valence-electron chi connectivity index (χ4n) is 4.70. The quantitative estimate of drug-likeness (QED) is 0.749. The number of fused-ring (bicyclic) bond motifs is 1. The molecule has 3 aromatic rings. The van der Waals surface area contributed by atoms with Crippen molar-refractivity contribution in [2.75, 3.05) is 14.1 Å². The Morgan fingerprint density at radius 1 is 1.04 bits per heavy atom. The third-order valence-electron chi connectivity index (χ3n) is 6.40. The van der Waals surface area contributed by atoms with Gasteiger partial charge in [-0.2, -0.15) is 0 Å². The first-order chi connectivity index (χ1) is 12.5. The van der Waals surface area contributed by atoms with Crippen LogP contribution in [0.3, 0.4) is 0 Å². The standard InChI is InChI=1S/C22H27N3O/c1-16-18-15-23-14-9-19(18)24-20(16)22(26)12-10-21(11-13-22,25(2)3)17-7-5-4-6-8-17/h4-9,14-15,24,26H,10-13H2,1-3H3. The van der Waals surface area contributed by atoms with Gasteiger partial charge in [0, 0.05) is 28.8 Å². The van der Waals surface area contributed by atoms with Crippen molar-refractivity contribution in [3.05, 3.63) is 65.6 Å². The molecule has 26 heavy (non-hydrogen) atoms. The summed E-state index contributed by atoms with van der Waals surface area (Å²) >= 11 is 0. The third kappa shape index (κ3) is 2.56. The van der Waals surface area contributed by atoms with Crippen molar-refractivity contribution in [2.24, 2.45) is 0 Å². The van der Waals surface area contributed by atoms with Crippen LogP contribution >= 0.6 is 0 Å². The van der Waals surface area contributed by atoms with Crippen LogP contribution in [0.4, 0.5) is 0 Å². The number of benzene rings is 1. The number of nitrogens with zero attached hydrogens (tertiary/aromatic N) is 2. The number of hydrogen-bond acceptors (Lipinski definition) is 3. The topological polar surface area (TPSA) is 52.1 Å². The van der Waals surface area contributed by atoms with Gasteiger partial charge in [-0.15, -0.1) is 0 Å². The molecular weight excluding hydrogens is 322 g/mol. The largest absolute Gasteiger partial charge is 0.384 e. The van der Waals surface area contributed by atoms with Crippen molar-refractivity contribution in [2.45, 2.75) is 43.7 Å². The Balaban J connectivity index is 1.68. The van der Waals surface area contributed by atoms with E-state index in [2.05, 4.69) is 66.2 Å². The van der Waals surface area contributed by atoms with Crippen LogP contribution in [-0.2, 0) is 11.1 Å². The minimum absolute atomic E-state index is 0.0189. The highest BCUT2D eigenvalue weighted by molar-refractivity contribution is 5.83. The highest BCUT2D eigenvalue weighted by Crippen LogP contribution is 2.49. The summed E-state index contributed by atoms with van der Waals surface area (Å²) in [5.74, 6) is 0. The molecule has 136 valence electrons. The summed E-state index contributed by atoms with van der Waals surface area (Å²) in [6, 6.07) is 12.7. The maximum atomic E-state index is 11.5. The molecule has 4 nitrogen and oxygen atoms in total. The maximum absolute atomic E-state index is 11.5. The number of aryl methyl sites for hydroxylation is 1. The molecule has 1 aliphatic carbocycles. The van der Waals surface area contributed by atoms with Crippen LogP contribution in [0.2, 0.25) is 0 Å². The molecule has 2 heterocycles. The van der Waals surface area contributed by atoms with E-state index in [-0.39, 0.29) is 5.54 Å². The number of aromatic amines is 1. The summed E-state index contributed by atoms with van der Waals surface area (Å²) < 4.78 is 0. The second-order valence-corrected chi connectivity index (χ2v) is 7.87. The summed E-state index contributed by atoms with van der Waals surface area (Å²) in [6.45, 7) is 2.08. The zero-order valence-electron chi connectivity index (χ0n) is 15.8. The van der Waals surface area contributed by atoms with Crippen LogP contribution in [-0.4, -0.2) is 34.1 Å². The van der Waals surface area contributed by atoms with Crippen molar-refractivity contribution in [1.29, 1.82) is 0 Å². The SMILES string of the molecule is Cc1c(C2(O)CCC(c3ccccc3)(N(C)C)CC2)[nH]c2ccncc12. The van der Waals surface area contributed by atoms with Crippen LogP contribution in [0.1, 0.15) is 42.5 Å². The summed E-state index contributed by atoms with van der Waals surface area (Å²) in [4.78, 5) is 10.0. The van der Waals surface area contributed by atoms with E-state index in [1.165, 1.54) is 5.56 Å². The predicted octanol–water partition coefficient (Wildman–Crippen LogP) is 4.09. The lowest BCUT2D eigenvalue weighted by molar-refractivity contribution is -0.0535. The van der Waals surface area contributed by atoms with Gasteiger partial charge in [0.05, 0.1) is 5.69 Å². The third-order valence-corrected chi connectivity index (χ3v) is 6.40. The van der Waals surface area contributed by atoms with Gasteiger partial charge >= 0.3 is 0 Å². The number of nitrogens with one attached hydrogen (secondary N) is 1. The molecule has 0 unspecified atom stereocenters. The molecule has 0 spiro atoms. The first-order valence-corrected chi connectivity index (χ1v) is 9.34. The number of pyridine rings is 1. The van der Waals surface area contributed by atoms with Gasteiger partial charge in [0.2, 0.25) is 0 Å². The van der Waals surface area contributed by atoms with E-state index in [9.17, 15) is 5.11 Å². The van der Waals surface area contributed by atoms with E-state index in [4.69, 9.17) is 0 Å². The van der Waals surface area contributed by atoms with Crippen LogP contribution in [0.5, 0.6) is 0 Å². The average molecular weight is 349 g/mol. The molecule has 1 aliphatic rings. The Kier molecular flexibility index (Phi) is 4.13. The van der Waals surface area contributed by atoms with Crippen molar-refractivity contribution in [1.82, 2.24) is 14.9 Å². The molecule has 1 saturated carbocycles. The van der Waals surface area contributed by atoms with Gasteiger partial charge in [0.1, 0.15) is 5.60 Å². The molecule has 0 radical (unpaired) electrons. The second kappa shape index (κ2) is 6.22. The van der Waals surface area contributed by atoms with Gasteiger partial charge in [-0.1, -0.05) is 30.3 Å². The van der Waals surface area contributed by atoms with E-state index in [1.54, 1.807) is 6.20 Å². The first kappa shape index (κ1) is 17.3. The van der Waals surface area contributed by atoms with Crippen molar-refractivity contribution in [3.8, 4) is 0 Å².